The van der Waals surface area contributed by atoms with Crippen molar-refractivity contribution < 1.29 is 43.8 Å². The monoisotopic (exact) mass is 532 g/mol. The zero-order chi connectivity index (χ0) is 27.3. The average Bonchev–Trinajstić information content (AvgIpc) is 2.94. The molecule has 2 aromatic rings. The minimum atomic E-state index is -1.55. The Kier molecular flexibility index (Phi) is 12.6. The van der Waals surface area contributed by atoms with Gasteiger partial charge in [0.1, 0.15) is 37.1 Å². The van der Waals surface area contributed by atoms with E-state index in [2.05, 4.69) is 0 Å². The summed E-state index contributed by atoms with van der Waals surface area (Å²) in [6.07, 6.45) is -6.31. The minimum Gasteiger partial charge on any atom is -0.463 e. The lowest BCUT2D eigenvalue weighted by molar-refractivity contribution is -0.317. The molecular weight excluding hydrogens is 492 g/mol. The number of esters is 1. The first kappa shape index (κ1) is 30.2. The molecule has 9 nitrogen and oxygen atoms in total. The molecule has 1 heterocycles. The van der Waals surface area contributed by atoms with Crippen molar-refractivity contribution in [2.24, 2.45) is 5.92 Å². The molecule has 1 fully saturated rings. The predicted molar refractivity (Wildman–Crippen MR) is 139 cm³/mol. The largest absolute Gasteiger partial charge is 0.463 e. The highest BCUT2D eigenvalue weighted by atomic mass is 16.7. The molecule has 1 aliphatic rings. The SMILES string of the molecule is CCC(CC)C(=O)OC[C@H]1O[C@@H](OC(COCc2ccccc2)COCc2ccccc2)[C@H](O)[C@@H](O)[C@H]1O. The van der Waals surface area contributed by atoms with Crippen LogP contribution in [-0.2, 0) is 41.7 Å². The van der Waals surface area contributed by atoms with E-state index in [4.69, 9.17) is 23.7 Å². The number of ether oxygens (including phenoxy) is 5. The summed E-state index contributed by atoms with van der Waals surface area (Å²) in [5, 5.41) is 31.5. The second-order valence-electron chi connectivity index (χ2n) is 9.42. The quantitative estimate of drug-likeness (QED) is 0.297. The van der Waals surface area contributed by atoms with Crippen LogP contribution in [0.2, 0.25) is 0 Å². The molecule has 0 amide bonds. The van der Waals surface area contributed by atoms with Gasteiger partial charge in [-0.05, 0) is 24.0 Å². The van der Waals surface area contributed by atoms with Gasteiger partial charge >= 0.3 is 5.97 Å². The third-order valence-electron chi connectivity index (χ3n) is 6.53. The van der Waals surface area contributed by atoms with Gasteiger partial charge in [-0.25, -0.2) is 0 Å². The normalized spacial score (nSPS) is 23.6. The van der Waals surface area contributed by atoms with Crippen LogP contribution in [0.5, 0.6) is 0 Å². The van der Waals surface area contributed by atoms with Crippen molar-refractivity contribution in [3.05, 3.63) is 71.8 Å². The molecule has 0 spiro atoms. The Hall–Kier alpha value is -2.37. The van der Waals surface area contributed by atoms with Crippen LogP contribution in [0.3, 0.4) is 0 Å². The molecule has 1 aliphatic heterocycles. The lowest BCUT2D eigenvalue weighted by Crippen LogP contribution is -2.60. The highest BCUT2D eigenvalue weighted by molar-refractivity contribution is 5.72. The Labute approximate surface area is 224 Å². The van der Waals surface area contributed by atoms with Crippen molar-refractivity contribution in [3.63, 3.8) is 0 Å². The Bertz CT molecular complexity index is 877. The first-order chi connectivity index (χ1) is 18.4. The second kappa shape index (κ2) is 15.9. The van der Waals surface area contributed by atoms with E-state index in [-0.39, 0.29) is 25.7 Å². The van der Waals surface area contributed by atoms with E-state index in [0.717, 1.165) is 11.1 Å². The van der Waals surface area contributed by atoms with Crippen LogP contribution in [0.1, 0.15) is 37.8 Å². The van der Waals surface area contributed by atoms with Gasteiger partial charge in [0, 0.05) is 0 Å². The molecule has 1 saturated heterocycles. The fourth-order valence-electron chi connectivity index (χ4n) is 4.15. The number of rotatable bonds is 15. The Morgan fingerprint density at radius 2 is 1.34 bits per heavy atom. The number of aliphatic hydroxyl groups is 3. The molecular formula is C29H40O9. The lowest BCUT2D eigenvalue weighted by Gasteiger charge is -2.41. The van der Waals surface area contributed by atoms with Crippen LogP contribution in [0.25, 0.3) is 0 Å². The summed E-state index contributed by atoms with van der Waals surface area (Å²) < 4.78 is 28.8. The molecule has 0 bridgehead atoms. The number of benzene rings is 2. The van der Waals surface area contributed by atoms with Gasteiger partial charge in [-0.1, -0.05) is 74.5 Å². The molecule has 5 atom stereocenters. The Morgan fingerprint density at radius 3 is 1.84 bits per heavy atom. The van der Waals surface area contributed by atoms with Crippen LogP contribution < -0.4 is 0 Å². The van der Waals surface area contributed by atoms with E-state index in [1.54, 1.807) is 0 Å². The molecule has 0 aromatic heterocycles. The van der Waals surface area contributed by atoms with Crippen LogP contribution in [0.15, 0.2) is 60.7 Å². The van der Waals surface area contributed by atoms with Crippen molar-refractivity contribution >= 4 is 5.97 Å². The van der Waals surface area contributed by atoms with Crippen molar-refractivity contribution in [1.29, 1.82) is 0 Å². The molecule has 3 N–H and O–H groups in total. The first-order valence-electron chi connectivity index (χ1n) is 13.2. The molecule has 210 valence electrons. The number of hydrogen-bond acceptors (Lipinski definition) is 9. The van der Waals surface area contributed by atoms with Crippen LogP contribution in [0.4, 0.5) is 0 Å². The molecule has 3 rings (SSSR count). The van der Waals surface area contributed by atoms with Gasteiger partial charge in [0.15, 0.2) is 6.29 Å². The summed E-state index contributed by atoms with van der Waals surface area (Å²) in [6.45, 7) is 4.47. The number of hydrogen-bond donors (Lipinski definition) is 3. The van der Waals surface area contributed by atoms with E-state index in [1.807, 2.05) is 74.5 Å². The smallest absolute Gasteiger partial charge is 0.309 e. The fraction of sp³-hybridized carbons (Fsp3) is 0.552. The molecule has 0 aliphatic carbocycles. The summed E-state index contributed by atoms with van der Waals surface area (Å²) in [6, 6.07) is 19.3. The van der Waals surface area contributed by atoms with Crippen molar-refractivity contribution in [2.45, 2.75) is 76.7 Å². The van der Waals surface area contributed by atoms with Crippen molar-refractivity contribution in [1.82, 2.24) is 0 Å². The molecule has 0 unspecified atom stereocenters. The standard InChI is InChI=1S/C29H40O9/c1-3-22(4-2)28(33)36-19-24-25(30)26(31)27(32)29(38-24)37-23(17-34-15-20-11-7-5-8-12-20)18-35-16-21-13-9-6-10-14-21/h5-14,22-27,29-32H,3-4,15-19H2,1-2H3/t24-,25+,26+,27-,29-/m1/s1. The zero-order valence-electron chi connectivity index (χ0n) is 22.1. The zero-order valence-corrected chi connectivity index (χ0v) is 22.1. The molecule has 38 heavy (non-hydrogen) atoms. The van der Waals surface area contributed by atoms with E-state index >= 15 is 0 Å². The topological polar surface area (TPSA) is 124 Å². The average molecular weight is 533 g/mol. The Balaban J connectivity index is 1.61. The fourth-order valence-corrected chi connectivity index (χ4v) is 4.15. The summed E-state index contributed by atoms with van der Waals surface area (Å²) in [7, 11) is 0. The first-order valence-corrected chi connectivity index (χ1v) is 13.2. The van der Waals surface area contributed by atoms with Gasteiger partial charge in [-0.2, -0.15) is 0 Å². The van der Waals surface area contributed by atoms with E-state index in [9.17, 15) is 20.1 Å². The van der Waals surface area contributed by atoms with Crippen molar-refractivity contribution in [3.8, 4) is 0 Å². The molecule has 0 radical (unpaired) electrons. The van der Waals surface area contributed by atoms with Gasteiger partial charge in [0.25, 0.3) is 0 Å². The van der Waals surface area contributed by atoms with Gasteiger partial charge in [-0.15, -0.1) is 0 Å². The lowest BCUT2D eigenvalue weighted by atomic mass is 9.99. The van der Waals surface area contributed by atoms with E-state index < -0.39 is 42.8 Å². The third kappa shape index (κ3) is 9.13. The highest BCUT2D eigenvalue weighted by Gasteiger charge is 2.45. The maximum absolute atomic E-state index is 12.3. The summed E-state index contributed by atoms with van der Waals surface area (Å²) in [5.41, 5.74) is 1.98. The molecule has 9 heteroatoms. The second-order valence-corrected chi connectivity index (χ2v) is 9.42. The number of carbonyl (C=O) groups excluding carboxylic acids is 1. The van der Waals surface area contributed by atoms with Gasteiger partial charge < -0.3 is 39.0 Å². The van der Waals surface area contributed by atoms with Gasteiger partial charge in [0.2, 0.25) is 0 Å². The predicted octanol–water partition coefficient (Wildman–Crippen LogP) is 2.59. The number of aliphatic hydroxyl groups excluding tert-OH is 3. The summed E-state index contributed by atoms with van der Waals surface area (Å²) in [4.78, 5) is 12.3. The molecule has 2 aromatic carbocycles. The number of carbonyl (C=O) groups is 1. The third-order valence-corrected chi connectivity index (χ3v) is 6.53. The highest BCUT2D eigenvalue weighted by Crippen LogP contribution is 2.24. The maximum atomic E-state index is 12.3. The van der Waals surface area contributed by atoms with Gasteiger partial charge in [0.05, 0.1) is 32.3 Å². The minimum absolute atomic E-state index is 0.128. The van der Waals surface area contributed by atoms with E-state index in [0.29, 0.717) is 26.1 Å². The summed E-state index contributed by atoms with van der Waals surface area (Å²) in [5.74, 6) is -0.656. The van der Waals surface area contributed by atoms with Crippen LogP contribution in [-0.4, -0.2) is 77.9 Å². The Morgan fingerprint density at radius 1 is 0.816 bits per heavy atom. The maximum Gasteiger partial charge on any atom is 0.309 e. The summed E-state index contributed by atoms with van der Waals surface area (Å²) >= 11 is 0. The molecule has 0 saturated carbocycles. The van der Waals surface area contributed by atoms with Crippen LogP contribution >= 0.6 is 0 Å². The van der Waals surface area contributed by atoms with E-state index in [1.165, 1.54) is 0 Å². The van der Waals surface area contributed by atoms with Gasteiger partial charge in [-0.3, -0.25) is 4.79 Å². The van der Waals surface area contributed by atoms with Crippen LogP contribution in [0, 0.1) is 5.92 Å². The van der Waals surface area contributed by atoms with Crippen molar-refractivity contribution in [2.75, 3.05) is 19.8 Å².